The van der Waals surface area contributed by atoms with E-state index in [1.807, 2.05) is 39.0 Å². The van der Waals surface area contributed by atoms with Crippen LogP contribution in [0, 0.1) is 6.92 Å². The molecule has 1 atom stereocenters. The van der Waals surface area contributed by atoms with E-state index in [4.69, 9.17) is 0 Å². The van der Waals surface area contributed by atoms with Crippen LogP contribution in [0.5, 0.6) is 0 Å². The first-order valence-corrected chi connectivity index (χ1v) is 5.13. The van der Waals surface area contributed by atoms with Crippen molar-refractivity contribution in [2.24, 2.45) is 0 Å². The van der Waals surface area contributed by atoms with Crippen molar-refractivity contribution in [1.82, 2.24) is 5.32 Å². The van der Waals surface area contributed by atoms with Crippen molar-refractivity contribution >= 4 is 5.91 Å². The van der Waals surface area contributed by atoms with Crippen molar-refractivity contribution in [3.63, 3.8) is 0 Å². The molecule has 2 heteroatoms. The molecule has 0 aliphatic rings. The summed E-state index contributed by atoms with van der Waals surface area (Å²) in [4.78, 5) is 11.3. The van der Waals surface area contributed by atoms with Gasteiger partial charge in [-0.2, -0.15) is 0 Å². The Morgan fingerprint density at radius 3 is 2.80 bits per heavy atom. The second-order valence-corrected chi connectivity index (χ2v) is 3.64. The van der Waals surface area contributed by atoms with Crippen molar-refractivity contribution in [3.8, 4) is 0 Å². The average molecular weight is 203 g/mol. The molecule has 0 radical (unpaired) electrons. The standard InChI is InChI=1S/C13H17NO/c1-4-6-13(15)14-11(3)12-8-5-7-10(2)9-12/h4-9,11H,1-3H3,(H,14,15)/b6-4+/t11-/m1/s1. The number of hydrogen-bond acceptors (Lipinski definition) is 1. The van der Waals surface area contributed by atoms with Gasteiger partial charge in [0.05, 0.1) is 6.04 Å². The first-order chi connectivity index (χ1) is 7.13. The van der Waals surface area contributed by atoms with Gasteiger partial charge >= 0.3 is 0 Å². The molecule has 0 saturated heterocycles. The van der Waals surface area contributed by atoms with Crippen LogP contribution >= 0.6 is 0 Å². The van der Waals surface area contributed by atoms with Gasteiger partial charge in [-0.05, 0) is 32.4 Å². The molecule has 0 aromatic heterocycles. The molecular weight excluding hydrogens is 186 g/mol. The number of rotatable bonds is 3. The molecule has 0 fully saturated rings. The topological polar surface area (TPSA) is 29.1 Å². The molecule has 0 spiro atoms. The summed E-state index contributed by atoms with van der Waals surface area (Å²) in [7, 11) is 0. The number of nitrogens with one attached hydrogen (secondary N) is 1. The maximum absolute atomic E-state index is 11.3. The summed E-state index contributed by atoms with van der Waals surface area (Å²) in [5, 5.41) is 2.90. The number of allylic oxidation sites excluding steroid dienone is 1. The van der Waals surface area contributed by atoms with Gasteiger partial charge in [-0.15, -0.1) is 0 Å². The monoisotopic (exact) mass is 203 g/mol. The Hall–Kier alpha value is -1.57. The van der Waals surface area contributed by atoms with E-state index in [0.717, 1.165) is 5.56 Å². The van der Waals surface area contributed by atoms with E-state index >= 15 is 0 Å². The van der Waals surface area contributed by atoms with Gasteiger partial charge in [0.15, 0.2) is 0 Å². The summed E-state index contributed by atoms with van der Waals surface area (Å²) in [5.41, 5.74) is 2.34. The molecule has 0 unspecified atom stereocenters. The number of hydrogen-bond donors (Lipinski definition) is 1. The van der Waals surface area contributed by atoms with E-state index in [0.29, 0.717) is 0 Å². The number of amides is 1. The molecule has 80 valence electrons. The summed E-state index contributed by atoms with van der Waals surface area (Å²) in [6, 6.07) is 8.20. The third kappa shape index (κ3) is 3.58. The molecular formula is C13H17NO. The number of carbonyl (C=O) groups is 1. The van der Waals surface area contributed by atoms with E-state index in [1.54, 1.807) is 6.08 Å². The first-order valence-electron chi connectivity index (χ1n) is 5.13. The molecule has 0 bridgehead atoms. The normalized spacial score (nSPS) is 12.7. The molecule has 1 rings (SSSR count). The summed E-state index contributed by atoms with van der Waals surface area (Å²) >= 11 is 0. The van der Waals surface area contributed by atoms with Crippen LogP contribution in [0.2, 0.25) is 0 Å². The van der Waals surface area contributed by atoms with Gasteiger partial charge in [0.25, 0.3) is 0 Å². The fourth-order valence-electron chi connectivity index (χ4n) is 1.44. The van der Waals surface area contributed by atoms with Crippen molar-refractivity contribution < 1.29 is 4.79 Å². The van der Waals surface area contributed by atoms with E-state index in [9.17, 15) is 4.79 Å². The highest BCUT2D eigenvalue weighted by Crippen LogP contribution is 2.13. The molecule has 1 amide bonds. The first kappa shape index (κ1) is 11.5. The Bertz CT molecular complexity index is 369. The van der Waals surface area contributed by atoms with Crippen LogP contribution < -0.4 is 5.32 Å². The Balaban J connectivity index is 2.68. The minimum atomic E-state index is -0.0495. The van der Waals surface area contributed by atoms with Crippen LogP contribution in [-0.4, -0.2) is 5.91 Å². The smallest absolute Gasteiger partial charge is 0.244 e. The highest BCUT2D eigenvalue weighted by atomic mass is 16.1. The lowest BCUT2D eigenvalue weighted by molar-refractivity contribution is -0.117. The Morgan fingerprint density at radius 2 is 2.20 bits per heavy atom. The fourth-order valence-corrected chi connectivity index (χ4v) is 1.44. The summed E-state index contributed by atoms with van der Waals surface area (Å²) in [6.45, 7) is 5.86. The summed E-state index contributed by atoms with van der Waals surface area (Å²) in [5.74, 6) is -0.0495. The van der Waals surface area contributed by atoms with Gasteiger partial charge in [0.2, 0.25) is 5.91 Å². The fraction of sp³-hybridized carbons (Fsp3) is 0.308. The second kappa shape index (κ2) is 5.35. The van der Waals surface area contributed by atoms with E-state index in [1.165, 1.54) is 11.6 Å². The van der Waals surface area contributed by atoms with Gasteiger partial charge in [-0.1, -0.05) is 35.9 Å². The van der Waals surface area contributed by atoms with Crippen LogP contribution in [0.25, 0.3) is 0 Å². The third-order valence-electron chi connectivity index (χ3n) is 2.22. The molecule has 1 N–H and O–H groups in total. The number of carbonyl (C=O) groups excluding carboxylic acids is 1. The van der Waals surface area contributed by atoms with E-state index in [-0.39, 0.29) is 11.9 Å². The molecule has 0 aliphatic heterocycles. The predicted octanol–water partition coefficient (Wildman–Crippen LogP) is 2.75. The summed E-state index contributed by atoms with van der Waals surface area (Å²) in [6.07, 6.45) is 3.27. The molecule has 1 aromatic carbocycles. The van der Waals surface area contributed by atoms with Crippen LogP contribution in [0.4, 0.5) is 0 Å². The third-order valence-corrected chi connectivity index (χ3v) is 2.22. The van der Waals surface area contributed by atoms with Crippen LogP contribution in [0.1, 0.15) is 31.0 Å². The highest BCUT2D eigenvalue weighted by molar-refractivity contribution is 5.87. The van der Waals surface area contributed by atoms with Crippen LogP contribution in [-0.2, 0) is 4.79 Å². The molecule has 0 saturated carbocycles. The minimum Gasteiger partial charge on any atom is -0.346 e. The highest BCUT2D eigenvalue weighted by Gasteiger charge is 2.06. The van der Waals surface area contributed by atoms with E-state index < -0.39 is 0 Å². The van der Waals surface area contributed by atoms with Crippen molar-refractivity contribution in [3.05, 3.63) is 47.5 Å². The maximum atomic E-state index is 11.3. The van der Waals surface area contributed by atoms with Gasteiger partial charge in [-0.25, -0.2) is 0 Å². The Kier molecular flexibility index (Phi) is 4.10. The number of aryl methyl sites for hydroxylation is 1. The predicted molar refractivity (Wildman–Crippen MR) is 62.6 cm³/mol. The molecule has 15 heavy (non-hydrogen) atoms. The van der Waals surface area contributed by atoms with Gasteiger partial charge in [0, 0.05) is 0 Å². The van der Waals surface area contributed by atoms with Crippen LogP contribution in [0.15, 0.2) is 36.4 Å². The largest absolute Gasteiger partial charge is 0.346 e. The second-order valence-electron chi connectivity index (χ2n) is 3.64. The van der Waals surface area contributed by atoms with Crippen molar-refractivity contribution in [2.75, 3.05) is 0 Å². The van der Waals surface area contributed by atoms with Gasteiger partial charge in [0.1, 0.15) is 0 Å². The molecule has 1 aromatic rings. The Labute approximate surface area is 91.0 Å². The summed E-state index contributed by atoms with van der Waals surface area (Å²) < 4.78 is 0. The zero-order valence-electron chi connectivity index (χ0n) is 9.45. The van der Waals surface area contributed by atoms with Gasteiger partial charge < -0.3 is 5.32 Å². The van der Waals surface area contributed by atoms with Crippen molar-refractivity contribution in [2.45, 2.75) is 26.8 Å². The lowest BCUT2D eigenvalue weighted by Crippen LogP contribution is -2.24. The zero-order valence-corrected chi connectivity index (χ0v) is 9.45. The SMILES string of the molecule is C/C=C/C(=O)N[C@H](C)c1cccc(C)c1. The molecule has 0 aliphatic carbocycles. The number of benzene rings is 1. The lowest BCUT2D eigenvalue weighted by atomic mass is 10.1. The molecule has 0 heterocycles. The zero-order chi connectivity index (χ0) is 11.3. The Morgan fingerprint density at radius 1 is 1.47 bits per heavy atom. The van der Waals surface area contributed by atoms with Crippen LogP contribution in [0.3, 0.4) is 0 Å². The van der Waals surface area contributed by atoms with Crippen molar-refractivity contribution in [1.29, 1.82) is 0 Å². The quantitative estimate of drug-likeness (QED) is 0.752. The average Bonchev–Trinajstić information content (AvgIpc) is 2.18. The van der Waals surface area contributed by atoms with E-state index in [2.05, 4.69) is 11.4 Å². The van der Waals surface area contributed by atoms with Gasteiger partial charge in [-0.3, -0.25) is 4.79 Å². The minimum absolute atomic E-state index is 0.0495. The maximum Gasteiger partial charge on any atom is 0.244 e. The lowest BCUT2D eigenvalue weighted by Gasteiger charge is -2.13. The molecule has 2 nitrogen and oxygen atoms in total.